The monoisotopic (exact) mass is 525 g/mol. The van der Waals surface area contributed by atoms with Crippen LogP contribution in [0.4, 0.5) is 17.2 Å². The number of hydrogen-bond acceptors (Lipinski definition) is 9. The van der Waals surface area contributed by atoms with Crippen molar-refractivity contribution >= 4 is 47.8 Å². The molecule has 0 atom stereocenters. The number of sulfone groups is 2. The van der Waals surface area contributed by atoms with Crippen LogP contribution in [0.25, 0.3) is 10.9 Å². The molecule has 0 aliphatic rings. The molecule has 188 valence electrons. The minimum atomic E-state index is -3.64. The van der Waals surface area contributed by atoms with Gasteiger partial charge in [0.2, 0.25) is 9.84 Å². The summed E-state index contributed by atoms with van der Waals surface area (Å²) >= 11 is 0. The SMILES string of the molecule is CS(=O)(=O)CCNCCN(c1ccc(S(=O)(=O)c2ccccc2)cc1)c1ccc2c(N)ncnc2c1. The summed E-state index contributed by atoms with van der Waals surface area (Å²) in [7, 11) is -6.69. The number of benzene rings is 3. The molecule has 0 unspecified atom stereocenters. The van der Waals surface area contributed by atoms with Crippen LogP contribution in [0.3, 0.4) is 0 Å². The smallest absolute Gasteiger partial charge is 0.206 e. The molecule has 11 heteroatoms. The van der Waals surface area contributed by atoms with Crippen LogP contribution in [0.15, 0.2) is 88.9 Å². The maximum atomic E-state index is 13.0. The molecule has 0 fully saturated rings. The first kappa shape index (κ1) is 25.5. The predicted octanol–water partition coefficient (Wildman–Crippen LogP) is 2.82. The van der Waals surface area contributed by atoms with Crippen LogP contribution in [0.1, 0.15) is 0 Å². The van der Waals surface area contributed by atoms with Gasteiger partial charge in [-0.3, -0.25) is 0 Å². The first-order valence-corrected chi connectivity index (χ1v) is 14.8. The highest BCUT2D eigenvalue weighted by molar-refractivity contribution is 7.91. The van der Waals surface area contributed by atoms with E-state index in [0.717, 1.165) is 16.8 Å². The number of nitrogen functional groups attached to an aromatic ring is 1. The Morgan fingerprint density at radius 1 is 0.833 bits per heavy atom. The maximum Gasteiger partial charge on any atom is 0.206 e. The van der Waals surface area contributed by atoms with Crippen LogP contribution >= 0.6 is 0 Å². The number of fused-ring (bicyclic) bond motifs is 1. The molecular weight excluding hydrogens is 498 g/mol. The summed E-state index contributed by atoms with van der Waals surface area (Å²) in [5.74, 6) is 0.432. The zero-order chi connectivity index (χ0) is 25.8. The first-order chi connectivity index (χ1) is 17.1. The highest BCUT2D eigenvalue weighted by atomic mass is 32.2. The number of nitrogens with zero attached hydrogens (tertiary/aromatic N) is 3. The highest BCUT2D eigenvalue weighted by Crippen LogP contribution is 2.30. The van der Waals surface area contributed by atoms with Crippen molar-refractivity contribution in [3.8, 4) is 0 Å². The summed E-state index contributed by atoms with van der Waals surface area (Å²) < 4.78 is 48.8. The van der Waals surface area contributed by atoms with E-state index >= 15 is 0 Å². The molecular formula is C25H27N5O4S2. The van der Waals surface area contributed by atoms with Crippen molar-refractivity contribution in [2.75, 3.05) is 42.3 Å². The standard InChI is InChI=1S/C25H27N5O4S2/c1-35(31,32)16-14-27-13-15-30(20-9-12-23-24(17-20)28-18-29-25(23)26)19-7-10-22(11-8-19)36(33,34)21-5-3-2-4-6-21/h2-12,17-18,27H,13-16H2,1H3,(H2,26,28,29). The van der Waals surface area contributed by atoms with E-state index in [1.165, 1.54) is 12.6 Å². The van der Waals surface area contributed by atoms with E-state index in [9.17, 15) is 16.8 Å². The zero-order valence-corrected chi connectivity index (χ0v) is 21.3. The summed E-state index contributed by atoms with van der Waals surface area (Å²) in [4.78, 5) is 10.8. The molecule has 0 aliphatic carbocycles. The number of rotatable bonds is 10. The topological polar surface area (TPSA) is 135 Å². The molecule has 0 aliphatic heterocycles. The summed E-state index contributed by atoms with van der Waals surface area (Å²) in [6.07, 6.45) is 2.61. The maximum absolute atomic E-state index is 13.0. The zero-order valence-electron chi connectivity index (χ0n) is 19.7. The Balaban J connectivity index is 1.63. The van der Waals surface area contributed by atoms with Crippen molar-refractivity contribution in [1.82, 2.24) is 15.3 Å². The van der Waals surface area contributed by atoms with Crippen molar-refractivity contribution < 1.29 is 16.8 Å². The molecule has 0 spiro atoms. The number of aromatic nitrogens is 2. The lowest BCUT2D eigenvalue weighted by Gasteiger charge is -2.26. The molecule has 1 aromatic heterocycles. The Morgan fingerprint density at radius 3 is 2.19 bits per heavy atom. The van der Waals surface area contributed by atoms with Crippen molar-refractivity contribution in [3.05, 3.63) is 79.1 Å². The summed E-state index contributed by atoms with van der Waals surface area (Å²) in [5, 5.41) is 3.89. The van der Waals surface area contributed by atoms with E-state index in [0.29, 0.717) is 31.0 Å². The quantitative estimate of drug-likeness (QED) is 0.300. The molecule has 9 nitrogen and oxygen atoms in total. The minimum absolute atomic E-state index is 0.0468. The second-order valence-electron chi connectivity index (χ2n) is 8.30. The van der Waals surface area contributed by atoms with E-state index in [4.69, 9.17) is 5.73 Å². The third-order valence-electron chi connectivity index (χ3n) is 5.64. The summed E-state index contributed by atoms with van der Waals surface area (Å²) in [6, 6.07) is 20.6. The van der Waals surface area contributed by atoms with Gasteiger partial charge in [0.05, 0.1) is 21.1 Å². The molecule has 0 saturated heterocycles. The predicted molar refractivity (Wildman–Crippen MR) is 142 cm³/mol. The highest BCUT2D eigenvalue weighted by Gasteiger charge is 2.18. The Kier molecular flexibility index (Phi) is 7.53. The average molecular weight is 526 g/mol. The molecule has 1 heterocycles. The average Bonchev–Trinajstić information content (AvgIpc) is 2.86. The van der Waals surface area contributed by atoms with Gasteiger partial charge in [-0.1, -0.05) is 18.2 Å². The molecule has 3 aromatic carbocycles. The van der Waals surface area contributed by atoms with E-state index in [1.54, 1.807) is 54.6 Å². The van der Waals surface area contributed by atoms with Crippen molar-refractivity contribution in [3.63, 3.8) is 0 Å². The Hall–Kier alpha value is -3.54. The van der Waals surface area contributed by atoms with Gasteiger partial charge in [0, 0.05) is 42.7 Å². The molecule has 3 N–H and O–H groups in total. The molecule has 0 bridgehead atoms. The van der Waals surface area contributed by atoms with Gasteiger partial charge in [0.25, 0.3) is 0 Å². The summed E-state index contributed by atoms with van der Waals surface area (Å²) in [5.41, 5.74) is 8.24. The third kappa shape index (κ3) is 5.99. The fourth-order valence-corrected chi connectivity index (χ4v) is 5.55. The van der Waals surface area contributed by atoms with Gasteiger partial charge in [-0.05, 0) is 54.6 Å². The van der Waals surface area contributed by atoms with Gasteiger partial charge in [0.15, 0.2) is 0 Å². The van der Waals surface area contributed by atoms with Crippen LogP contribution in [0, 0.1) is 0 Å². The number of anilines is 3. The van der Waals surface area contributed by atoms with Gasteiger partial charge in [-0.2, -0.15) is 0 Å². The number of nitrogens with one attached hydrogen (secondary N) is 1. The van der Waals surface area contributed by atoms with E-state index in [-0.39, 0.29) is 15.5 Å². The lowest BCUT2D eigenvalue weighted by molar-refractivity contribution is 0.594. The molecule has 4 rings (SSSR count). The van der Waals surface area contributed by atoms with Crippen molar-refractivity contribution in [2.24, 2.45) is 0 Å². The molecule has 0 radical (unpaired) electrons. The largest absolute Gasteiger partial charge is 0.383 e. The fraction of sp³-hybridized carbons (Fsp3) is 0.200. The van der Waals surface area contributed by atoms with Gasteiger partial charge in [0.1, 0.15) is 22.0 Å². The third-order valence-corrected chi connectivity index (χ3v) is 8.37. The van der Waals surface area contributed by atoms with Gasteiger partial charge >= 0.3 is 0 Å². The lowest BCUT2D eigenvalue weighted by atomic mass is 10.1. The molecule has 0 saturated carbocycles. The van der Waals surface area contributed by atoms with Gasteiger partial charge in [-0.25, -0.2) is 26.8 Å². The Morgan fingerprint density at radius 2 is 1.50 bits per heavy atom. The normalized spacial score (nSPS) is 12.0. The molecule has 4 aromatic rings. The second kappa shape index (κ2) is 10.6. The van der Waals surface area contributed by atoms with Crippen LogP contribution in [0.5, 0.6) is 0 Å². The summed E-state index contributed by atoms with van der Waals surface area (Å²) in [6.45, 7) is 1.34. The van der Waals surface area contributed by atoms with E-state index in [1.807, 2.05) is 23.1 Å². The Labute approximate surface area is 210 Å². The number of nitrogens with two attached hydrogens (primary N) is 1. The van der Waals surface area contributed by atoms with E-state index < -0.39 is 19.7 Å². The van der Waals surface area contributed by atoms with Crippen LogP contribution in [-0.4, -0.2) is 58.4 Å². The Bertz CT molecular complexity index is 1560. The number of hydrogen-bond donors (Lipinski definition) is 2. The molecule has 0 amide bonds. The lowest BCUT2D eigenvalue weighted by Crippen LogP contribution is -2.31. The fourth-order valence-electron chi connectivity index (χ4n) is 3.76. The minimum Gasteiger partial charge on any atom is -0.383 e. The first-order valence-electron chi connectivity index (χ1n) is 11.2. The molecule has 36 heavy (non-hydrogen) atoms. The van der Waals surface area contributed by atoms with Gasteiger partial charge < -0.3 is 16.0 Å². The van der Waals surface area contributed by atoms with Crippen molar-refractivity contribution in [1.29, 1.82) is 0 Å². The van der Waals surface area contributed by atoms with Crippen LogP contribution in [-0.2, 0) is 19.7 Å². The van der Waals surface area contributed by atoms with Crippen LogP contribution < -0.4 is 16.0 Å². The van der Waals surface area contributed by atoms with Crippen molar-refractivity contribution in [2.45, 2.75) is 9.79 Å². The second-order valence-corrected chi connectivity index (χ2v) is 12.5. The van der Waals surface area contributed by atoms with E-state index in [2.05, 4.69) is 15.3 Å². The van der Waals surface area contributed by atoms with Crippen LogP contribution in [0.2, 0.25) is 0 Å². The van der Waals surface area contributed by atoms with Gasteiger partial charge in [-0.15, -0.1) is 0 Å².